The average Bonchev–Trinajstić information content (AvgIpc) is 3.19. The van der Waals surface area contributed by atoms with E-state index < -0.39 is 0 Å². The second kappa shape index (κ2) is 11.3. The molecule has 37 heavy (non-hydrogen) atoms. The van der Waals surface area contributed by atoms with Gasteiger partial charge in [-0.25, -0.2) is 0 Å². The molecule has 0 spiro atoms. The van der Waals surface area contributed by atoms with Gasteiger partial charge in [-0.1, -0.05) is 19.1 Å². The summed E-state index contributed by atoms with van der Waals surface area (Å²) in [6.45, 7) is 13.5. The standard InChI is InChI=1S/C30H44N2O5/c1-21-6-5-9-30(2)18-28-24(17-26(21)30)25(29(33)37-28)20-32(11-10-31-12-14-36-15-13-31)19-22-16-23(34-3)7-8-27(22)35-4/h7-8,16,24-26,28H,1,5-6,9-15,17-20H2,2-4H3/t24-,25+,26+,28-,30-/m1/s1. The van der Waals surface area contributed by atoms with E-state index in [1.54, 1.807) is 14.2 Å². The molecule has 7 heteroatoms. The number of rotatable bonds is 9. The highest BCUT2D eigenvalue weighted by Crippen LogP contribution is 2.57. The van der Waals surface area contributed by atoms with Gasteiger partial charge < -0.3 is 18.9 Å². The zero-order chi connectivity index (χ0) is 26.0. The molecule has 7 nitrogen and oxygen atoms in total. The zero-order valence-electron chi connectivity index (χ0n) is 22.9. The van der Waals surface area contributed by atoms with E-state index in [0.717, 1.165) is 75.7 Å². The number of carbonyl (C=O) groups excluding carboxylic acids is 1. The van der Waals surface area contributed by atoms with Crippen LogP contribution in [-0.2, 0) is 20.8 Å². The predicted molar refractivity (Wildman–Crippen MR) is 143 cm³/mol. The summed E-state index contributed by atoms with van der Waals surface area (Å²) in [5.41, 5.74) is 2.68. The maximum atomic E-state index is 13.3. The molecule has 2 saturated heterocycles. The number of ether oxygens (including phenoxy) is 4. The lowest BCUT2D eigenvalue weighted by atomic mass is 9.55. The average molecular weight is 513 g/mol. The van der Waals surface area contributed by atoms with Gasteiger partial charge in [0.05, 0.1) is 33.4 Å². The molecule has 1 aromatic rings. The van der Waals surface area contributed by atoms with Gasteiger partial charge in [-0.3, -0.25) is 14.6 Å². The Morgan fingerprint density at radius 3 is 2.78 bits per heavy atom. The van der Waals surface area contributed by atoms with Crippen molar-refractivity contribution in [1.29, 1.82) is 0 Å². The summed E-state index contributed by atoms with van der Waals surface area (Å²) in [7, 11) is 3.39. The lowest BCUT2D eigenvalue weighted by molar-refractivity contribution is -0.146. The van der Waals surface area contributed by atoms with Gasteiger partial charge in [0.2, 0.25) is 0 Å². The summed E-state index contributed by atoms with van der Waals surface area (Å²) in [6, 6.07) is 5.94. The van der Waals surface area contributed by atoms with E-state index in [1.165, 1.54) is 18.4 Å². The Labute approximate surface area is 222 Å². The predicted octanol–water partition coefficient (Wildman–Crippen LogP) is 4.15. The Morgan fingerprint density at radius 2 is 2.03 bits per heavy atom. The van der Waals surface area contributed by atoms with Crippen molar-refractivity contribution >= 4 is 5.97 Å². The minimum atomic E-state index is -0.106. The number of benzene rings is 1. The van der Waals surface area contributed by atoms with Crippen molar-refractivity contribution in [2.75, 3.05) is 60.2 Å². The molecule has 2 aliphatic carbocycles. The fourth-order valence-electron chi connectivity index (χ4n) is 7.33. The molecule has 2 heterocycles. The summed E-state index contributed by atoms with van der Waals surface area (Å²) in [6.07, 6.45) is 5.58. The van der Waals surface area contributed by atoms with Gasteiger partial charge in [0, 0.05) is 50.7 Å². The zero-order valence-corrected chi connectivity index (χ0v) is 22.9. The number of methoxy groups -OCH3 is 2. The molecule has 0 unspecified atom stereocenters. The Bertz CT molecular complexity index is 977. The van der Waals surface area contributed by atoms with E-state index in [2.05, 4.69) is 29.4 Å². The van der Waals surface area contributed by atoms with Crippen molar-refractivity contribution in [3.05, 3.63) is 35.9 Å². The normalized spacial score (nSPS) is 32.1. The Balaban J connectivity index is 1.35. The molecule has 2 saturated carbocycles. The highest BCUT2D eigenvalue weighted by atomic mass is 16.6. The van der Waals surface area contributed by atoms with Crippen molar-refractivity contribution in [2.45, 2.75) is 51.7 Å². The SMILES string of the molecule is C=C1CCC[C@]2(C)C[C@H]3OC(=O)[C@@H](CN(CCN4CCOCC4)Cc4cc(OC)ccc4OC)[C@H]3C[C@@H]12. The maximum Gasteiger partial charge on any atom is 0.310 e. The number of morpholine rings is 1. The van der Waals surface area contributed by atoms with Crippen LogP contribution in [-0.4, -0.2) is 82.0 Å². The third-order valence-electron chi connectivity index (χ3n) is 9.49. The van der Waals surface area contributed by atoms with Crippen LogP contribution in [0.1, 0.15) is 44.6 Å². The van der Waals surface area contributed by atoms with E-state index in [-0.39, 0.29) is 29.3 Å². The number of hydrogen-bond acceptors (Lipinski definition) is 7. The fourth-order valence-corrected chi connectivity index (χ4v) is 7.33. The van der Waals surface area contributed by atoms with Crippen LogP contribution in [0.4, 0.5) is 0 Å². The third-order valence-corrected chi connectivity index (χ3v) is 9.49. The Morgan fingerprint density at radius 1 is 1.22 bits per heavy atom. The van der Waals surface area contributed by atoms with Gasteiger partial charge in [0.1, 0.15) is 17.6 Å². The molecule has 0 amide bonds. The molecule has 4 aliphatic rings. The summed E-state index contributed by atoms with van der Waals surface area (Å²) < 4.78 is 22.8. The van der Waals surface area contributed by atoms with Crippen molar-refractivity contribution < 1.29 is 23.7 Å². The lowest BCUT2D eigenvalue weighted by Crippen LogP contribution is -2.46. The van der Waals surface area contributed by atoms with Crippen LogP contribution in [0.25, 0.3) is 0 Å². The number of fused-ring (bicyclic) bond motifs is 2. The van der Waals surface area contributed by atoms with Gasteiger partial charge in [0.25, 0.3) is 0 Å². The van der Waals surface area contributed by atoms with E-state index in [0.29, 0.717) is 19.0 Å². The second-order valence-corrected chi connectivity index (χ2v) is 11.8. The first-order chi connectivity index (χ1) is 17.9. The van der Waals surface area contributed by atoms with E-state index >= 15 is 0 Å². The number of nitrogens with zero attached hydrogens (tertiary/aromatic N) is 2. The van der Waals surface area contributed by atoms with Crippen molar-refractivity contribution in [3.63, 3.8) is 0 Å². The second-order valence-electron chi connectivity index (χ2n) is 11.8. The van der Waals surface area contributed by atoms with Crippen LogP contribution in [0.2, 0.25) is 0 Å². The number of carbonyl (C=O) groups is 1. The van der Waals surface area contributed by atoms with Crippen LogP contribution in [0, 0.1) is 23.2 Å². The van der Waals surface area contributed by atoms with Crippen LogP contribution < -0.4 is 9.47 Å². The third kappa shape index (κ3) is 5.69. The smallest absolute Gasteiger partial charge is 0.310 e. The molecule has 0 radical (unpaired) electrons. The summed E-state index contributed by atoms with van der Waals surface area (Å²) in [4.78, 5) is 18.2. The van der Waals surface area contributed by atoms with E-state index in [4.69, 9.17) is 18.9 Å². The van der Waals surface area contributed by atoms with Crippen LogP contribution in [0.15, 0.2) is 30.4 Å². The number of esters is 1. The highest BCUT2D eigenvalue weighted by Gasteiger charge is 2.55. The van der Waals surface area contributed by atoms with Crippen LogP contribution in [0.3, 0.4) is 0 Å². The van der Waals surface area contributed by atoms with Gasteiger partial charge in [-0.15, -0.1) is 0 Å². The molecular weight excluding hydrogens is 468 g/mol. The van der Waals surface area contributed by atoms with E-state index in [9.17, 15) is 4.79 Å². The van der Waals surface area contributed by atoms with Crippen molar-refractivity contribution in [3.8, 4) is 11.5 Å². The first kappa shape index (κ1) is 26.5. The van der Waals surface area contributed by atoms with Gasteiger partial charge in [0.15, 0.2) is 0 Å². The number of allylic oxidation sites excluding steroid dienone is 1. The summed E-state index contributed by atoms with van der Waals surface area (Å²) in [5.74, 6) is 2.29. The molecule has 5 rings (SSSR count). The maximum absolute atomic E-state index is 13.3. The molecule has 0 bridgehead atoms. The van der Waals surface area contributed by atoms with Gasteiger partial charge >= 0.3 is 5.97 Å². The fraction of sp³-hybridized carbons (Fsp3) is 0.700. The lowest BCUT2D eigenvalue weighted by Gasteiger charge is -2.50. The summed E-state index contributed by atoms with van der Waals surface area (Å²) >= 11 is 0. The first-order valence-corrected chi connectivity index (χ1v) is 14.0. The Hall–Kier alpha value is -2.09. The minimum Gasteiger partial charge on any atom is -0.497 e. The van der Waals surface area contributed by atoms with Gasteiger partial charge in [-0.2, -0.15) is 0 Å². The van der Waals surface area contributed by atoms with Crippen molar-refractivity contribution in [1.82, 2.24) is 9.80 Å². The number of hydrogen-bond donors (Lipinski definition) is 0. The van der Waals surface area contributed by atoms with Gasteiger partial charge in [-0.05, 0) is 61.6 Å². The van der Waals surface area contributed by atoms with Crippen LogP contribution in [0.5, 0.6) is 11.5 Å². The molecule has 0 N–H and O–H groups in total. The topological polar surface area (TPSA) is 60.5 Å². The highest BCUT2D eigenvalue weighted by molar-refractivity contribution is 5.75. The molecule has 0 aromatic heterocycles. The molecule has 5 atom stereocenters. The quantitative estimate of drug-likeness (QED) is 0.364. The first-order valence-electron chi connectivity index (χ1n) is 14.0. The molecular formula is C30H44N2O5. The molecule has 204 valence electrons. The largest absolute Gasteiger partial charge is 0.497 e. The Kier molecular flexibility index (Phi) is 8.13. The van der Waals surface area contributed by atoms with Crippen molar-refractivity contribution in [2.24, 2.45) is 23.2 Å². The van der Waals surface area contributed by atoms with Crippen LogP contribution >= 0.6 is 0 Å². The summed E-state index contributed by atoms with van der Waals surface area (Å²) in [5, 5.41) is 0. The molecule has 4 fully saturated rings. The van der Waals surface area contributed by atoms with E-state index in [1.807, 2.05) is 12.1 Å². The molecule has 1 aromatic carbocycles. The molecule has 2 aliphatic heterocycles. The minimum absolute atomic E-state index is 0.0168. The monoisotopic (exact) mass is 512 g/mol.